The number of nitrogens with one attached hydrogen (secondary N) is 1. The third kappa shape index (κ3) is 5.63. The molecule has 170 valence electrons. The number of carbonyl (C=O) groups excluding carboxylic acids is 2. The zero-order valence-electron chi connectivity index (χ0n) is 18.6. The van der Waals surface area contributed by atoms with Crippen LogP contribution in [0.5, 0.6) is 17.2 Å². The molecule has 0 saturated carbocycles. The van der Waals surface area contributed by atoms with E-state index >= 15 is 0 Å². The maximum atomic E-state index is 12.9. The molecule has 0 aliphatic carbocycles. The molecule has 0 aromatic heterocycles. The van der Waals surface area contributed by atoms with Crippen LogP contribution in [0.3, 0.4) is 0 Å². The van der Waals surface area contributed by atoms with E-state index < -0.39 is 6.10 Å². The van der Waals surface area contributed by atoms with Gasteiger partial charge in [0.2, 0.25) is 0 Å². The lowest BCUT2D eigenvalue weighted by Gasteiger charge is -2.22. The second-order valence-electron chi connectivity index (χ2n) is 7.78. The minimum absolute atomic E-state index is 0.101. The van der Waals surface area contributed by atoms with Crippen molar-refractivity contribution >= 4 is 17.5 Å². The summed E-state index contributed by atoms with van der Waals surface area (Å²) in [5.74, 6) is 1.62. The Bertz CT molecular complexity index is 1130. The highest BCUT2D eigenvalue weighted by Gasteiger charge is 2.28. The van der Waals surface area contributed by atoms with Crippen molar-refractivity contribution in [2.24, 2.45) is 0 Å². The van der Waals surface area contributed by atoms with Crippen LogP contribution in [0.25, 0.3) is 0 Å². The van der Waals surface area contributed by atoms with Gasteiger partial charge in [-0.2, -0.15) is 0 Å². The molecule has 7 heteroatoms. The average Bonchev–Trinajstić information content (AvgIpc) is 2.94. The molecule has 3 aromatic rings. The van der Waals surface area contributed by atoms with Crippen LogP contribution in [-0.2, 0) is 22.7 Å². The number of amides is 2. The highest BCUT2D eigenvalue weighted by Crippen LogP contribution is 2.29. The van der Waals surface area contributed by atoms with Crippen LogP contribution in [0.4, 0.5) is 5.69 Å². The molecule has 1 aliphatic rings. The van der Waals surface area contributed by atoms with Crippen molar-refractivity contribution in [1.29, 1.82) is 0 Å². The lowest BCUT2D eigenvalue weighted by atomic mass is 10.1. The fourth-order valence-corrected chi connectivity index (χ4v) is 3.66. The molecule has 1 unspecified atom stereocenters. The van der Waals surface area contributed by atoms with Gasteiger partial charge < -0.3 is 24.4 Å². The van der Waals surface area contributed by atoms with Crippen LogP contribution in [0.2, 0.25) is 0 Å². The van der Waals surface area contributed by atoms with Crippen LogP contribution < -0.4 is 19.5 Å². The van der Waals surface area contributed by atoms with Gasteiger partial charge >= 0.3 is 0 Å². The first-order chi connectivity index (χ1) is 16.0. The quantitative estimate of drug-likeness (QED) is 0.593. The normalized spacial score (nSPS) is 15.2. The van der Waals surface area contributed by atoms with Gasteiger partial charge in [-0.1, -0.05) is 30.3 Å². The molecular formula is C26H26N2O5. The Balaban J connectivity index is 1.47. The SMILES string of the molecule is COc1cccc(CN2Cc3cc(NC(=O)COc4ccccc4)ccc3OC(C)C2=O)c1. The second kappa shape index (κ2) is 10.1. The van der Waals surface area contributed by atoms with Gasteiger partial charge in [-0.05, 0) is 55.0 Å². The van der Waals surface area contributed by atoms with Crippen molar-refractivity contribution in [3.8, 4) is 17.2 Å². The minimum Gasteiger partial charge on any atom is -0.497 e. The van der Waals surface area contributed by atoms with Crippen molar-refractivity contribution in [2.75, 3.05) is 19.0 Å². The fraction of sp³-hybridized carbons (Fsp3) is 0.231. The molecule has 0 fully saturated rings. The Morgan fingerprint density at radius 3 is 2.64 bits per heavy atom. The number of rotatable bonds is 7. The largest absolute Gasteiger partial charge is 0.497 e. The predicted octanol–water partition coefficient (Wildman–Crippen LogP) is 4.02. The number of carbonyl (C=O) groups is 2. The number of fused-ring (bicyclic) bond motifs is 1. The van der Waals surface area contributed by atoms with E-state index in [0.29, 0.717) is 30.3 Å². The summed E-state index contributed by atoms with van der Waals surface area (Å²) in [5.41, 5.74) is 2.39. The second-order valence-corrected chi connectivity index (χ2v) is 7.78. The van der Waals surface area contributed by atoms with Gasteiger partial charge in [0, 0.05) is 24.3 Å². The molecular weight excluding hydrogens is 420 g/mol. The monoisotopic (exact) mass is 446 g/mol. The smallest absolute Gasteiger partial charge is 0.263 e. The van der Waals surface area contributed by atoms with Crippen LogP contribution in [0, 0.1) is 0 Å². The number of anilines is 1. The number of methoxy groups -OCH3 is 1. The Morgan fingerprint density at radius 2 is 1.85 bits per heavy atom. The number of hydrogen-bond donors (Lipinski definition) is 1. The van der Waals surface area contributed by atoms with Crippen LogP contribution in [0.1, 0.15) is 18.1 Å². The van der Waals surface area contributed by atoms with Gasteiger partial charge in [0.05, 0.1) is 7.11 Å². The summed E-state index contributed by atoms with van der Waals surface area (Å²) in [6, 6.07) is 22.2. The van der Waals surface area contributed by atoms with Gasteiger partial charge in [-0.3, -0.25) is 9.59 Å². The number of para-hydroxylation sites is 1. The predicted molar refractivity (Wildman–Crippen MR) is 124 cm³/mol. The van der Waals surface area contributed by atoms with Gasteiger partial charge in [0.25, 0.3) is 11.8 Å². The van der Waals surface area contributed by atoms with Crippen molar-refractivity contribution in [3.05, 3.63) is 83.9 Å². The van der Waals surface area contributed by atoms with Crippen molar-refractivity contribution in [3.63, 3.8) is 0 Å². The maximum absolute atomic E-state index is 12.9. The van der Waals surface area contributed by atoms with E-state index in [1.54, 1.807) is 43.2 Å². The fourth-order valence-electron chi connectivity index (χ4n) is 3.66. The Hall–Kier alpha value is -4.00. The highest BCUT2D eigenvalue weighted by molar-refractivity contribution is 5.92. The van der Waals surface area contributed by atoms with Gasteiger partial charge in [-0.25, -0.2) is 0 Å². The standard InChI is InChI=1S/C26H26N2O5/c1-18-26(30)28(15-19-7-6-10-23(13-19)31-2)16-20-14-21(11-12-24(20)33-18)27-25(29)17-32-22-8-4-3-5-9-22/h3-14,18H,15-17H2,1-2H3,(H,27,29). The number of hydrogen-bond acceptors (Lipinski definition) is 5. The first-order valence-electron chi connectivity index (χ1n) is 10.7. The van der Waals surface area contributed by atoms with Crippen molar-refractivity contribution in [2.45, 2.75) is 26.1 Å². The summed E-state index contributed by atoms with van der Waals surface area (Å²) in [5, 5.41) is 2.85. The third-order valence-electron chi connectivity index (χ3n) is 5.29. The van der Waals surface area contributed by atoms with Crippen LogP contribution in [0.15, 0.2) is 72.8 Å². The van der Waals surface area contributed by atoms with Crippen LogP contribution in [-0.4, -0.2) is 36.5 Å². The topological polar surface area (TPSA) is 77.1 Å². The van der Waals surface area contributed by atoms with Crippen molar-refractivity contribution in [1.82, 2.24) is 4.90 Å². The van der Waals surface area contributed by atoms with E-state index in [9.17, 15) is 9.59 Å². The summed E-state index contributed by atoms with van der Waals surface area (Å²) in [4.78, 5) is 27.0. The summed E-state index contributed by atoms with van der Waals surface area (Å²) >= 11 is 0. The van der Waals surface area contributed by atoms with E-state index in [4.69, 9.17) is 14.2 Å². The van der Waals surface area contributed by atoms with Gasteiger partial charge in [-0.15, -0.1) is 0 Å². The average molecular weight is 447 g/mol. The summed E-state index contributed by atoms with van der Waals surface area (Å²) in [7, 11) is 1.61. The van der Waals surface area contributed by atoms with Crippen LogP contribution >= 0.6 is 0 Å². The highest BCUT2D eigenvalue weighted by atomic mass is 16.5. The van der Waals surface area contributed by atoms with E-state index in [-0.39, 0.29) is 18.4 Å². The molecule has 1 heterocycles. The molecule has 1 N–H and O–H groups in total. The first kappa shape index (κ1) is 22.2. The number of benzene rings is 3. The lowest BCUT2D eigenvalue weighted by molar-refractivity contribution is -0.138. The molecule has 4 rings (SSSR count). The Labute approximate surface area is 192 Å². The van der Waals surface area contributed by atoms with E-state index in [1.807, 2.05) is 48.5 Å². The molecule has 3 aromatic carbocycles. The zero-order valence-corrected chi connectivity index (χ0v) is 18.6. The molecule has 2 amide bonds. The molecule has 7 nitrogen and oxygen atoms in total. The van der Waals surface area contributed by atoms with Crippen molar-refractivity contribution < 1.29 is 23.8 Å². The van der Waals surface area contributed by atoms with Gasteiger partial charge in [0.1, 0.15) is 17.2 Å². The molecule has 0 bridgehead atoms. The molecule has 1 atom stereocenters. The molecule has 0 saturated heterocycles. The number of nitrogens with zero attached hydrogens (tertiary/aromatic N) is 1. The lowest BCUT2D eigenvalue weighted by Crippen LogP contribution is -2.37. The summed E-state index contributed by atoms with van der Waals surface area (Å²) in [6.45, 7) is 2.42. The van der Waals surface area contributed by atoms with Gasteiger partial charge in [0.15, 0.2) is 12.7 Å². The Morgan fingerprint density at radius 1 is 1.06 bits per heavy atom. The zero-order chi connectivity index (χ0) is 23.2. The molecule has 0 spiro atoms. The maximum Gasteiger partial charge on any atom is 0.263 e. The third-order valence-corrected chi connectivity index (χ3v) is 5.29. The van der Waals surface area contributed by atoms with E-state index in [0.717, 1.165) is 16.9 Å². The minimum atomic E-state index is -0.614. The van der Waals surface area contributed by atoms with E-state index in [2.05, 4.69) is 5.32 Å². The number of ether oxygens (including phenoxy) is 3. The molecule has 0 radical (unpaired) electrons. The summed E-state index contributed by atoms with van der Waals surface area (Å²) < 4.78 is 16.7. The Kier molecular flexibility index (Phi) is 6.78. The molecule has 33 heavy (non-hydrogen) atoms. The first-order valence-corrected chi connectivity index (χ1v) is 10.7. The molecule has 1 aliphatic heterocycles. The summed E-state index contributed by atoms with van der Waals surface area (Å²) in [6.07, 6.45) is -0.614. The van der Waals surface area contributed by atoms with E-state index in [1.165, 1.54) is 0 Å².